The average Bonchev–Trinajstić information content (AvgIpc) is 2.65. The summed E-state index contributed by atoms with van der Waals surface area (Å²) in [6.45, 7) is 1.69. The third kappa shape index (κ3) is 4.49. The van der Waals surface area contributed by atoms with Crippen LogP contribution in [0.3, 0.4) is 0 Å². The van der Waals surface area contributed by atoms with Crippen molar-refractivity contribution in [3.8, 4) is 5.75 Å². The van der Waals surface area contributed by atoms with Gasteiger partial charge < -0.3 is 15.0 Å². The molecule has 1 saturated heterocycles. The maximum atomic E-state index is 12.3. The Morgan fingerprint density at radius 3 is 2.62 bits per heavy atom. The van der Waals surface area contributed by atoms with Gasteiger partial charge in [0.2, 0.25) is 5.91 Å². The Labute approximate surface area is 143 Å². The summed E-state index contributed by atoms with van der Waals surface area (Å²) in [5, 5.41) is 2.67. The Morgan fingerprint density at radius 2 is 1.83 bits per heavy atom. The number of para-hydroxylation sites is 1. The molecule has 24 heavy (non-hydrogen) atoms. The summed E-state index contributed by atoms with van der Waals surface area (Å²) in [5.41, 5.74) is 0. The standard InChI is InChI=1S/C19H26N2O3/c22-18(14-24-17-8-2-1-3-9-17)20-12-19(23)21-11-10-15-6-4-5-7-16(15)13-21/h1-3,8-9,15-16H,4-7,10-14H2,(H,20,22)/t15-,16-/m1/s1. The molecule has 2 atom stereocenters. The van der Waals surface area contributed by atoms with Crippen LogP contribution in [0.15, 0.2) is 30.3 Å². The number of benzene rings is 1. The quantitative estimate of drug-likeness (QED) is 0.900. The number of ether oxygens (including phenoxy) is 1. The van der Waals surface area contributed by atoms with Gasteiger partial charge in [0.05, 0.1) is 6.54 Å². The molecule has 2 aliphatic rings. The normalized spacial score (nSPS) is 23.2. The number of hydrogen-bond acceptors (Lipinski definition) is 3. The topological polar surface area (TPSA) is 58.6 Å². The first kappa shape index (κ1) is 16.8. The Hall–Kier alpha value is -2.04. The van der Waals surface area contributed by atoms with Crippen LogP contribution in [0.25, 0.3) is 0 Å². The summed E-state index contributed by atoms with van der Waals surface area (Å²) < 4.78 is 5.38. The van der Waals surface area contributed by atoms with Gasteiger partial charge in [-0.1, -0.05) is 37.5 Å². The molecule has 2 fully saturated rings. The second kappa shape index (κ2) is 8.18. The Kier molecular flexibility index (Phi) is 5.72. The number of rotatable bonds is 5. The molecule has 1 aromatic rings. The molecule has 0 bridgehead atoms. The molecule has 5 nitrogen and oxygen atoms in total. The van der Waals surface area contributed by atoms with E-state index in [0.29, 0.717) is 11.7 Å². The Balaban J connectivity index is 1.38. The molecule has 130 valence electrons. The van der Waals surface area contributed by atoms with Gasteiger partial charge in [-0.05, 0) is 36.8 Å². The fraction of sp³-hybridized carbons (Fsp3) is 0.579. The second-order valence-electron chi connectivity index (χ2n) is 6.81. The van der Waals surface area contributed by atoms with Crippen molar-refractivity contribution < 1.29 is 14.3 Å². The molecule has 1 heterocycles. The summed E-state index contributed by atoms with van der Waals surface area (Å²) in [6, 6.07) is 9.19. The lowest BCUT2D eigenvalue weighted by atomic mass is 9.75. The number of hydrogen-bond donors (Lipinski definition) is 1. The molecular weight excluding hydrogens is 304 g/mol. The van der Waals surface area contributed by atoms with E-state index in [9.17, 15) is 9.59 Å². The second-order valence-corrected chi connectivity index (χ2v) is 6.81. The highest BCUT2D eigenvalue weighted by atomic mass is 16.5. The smallest absolute Gasteiger partial charge is 0.258 e. The molecular formula is C19H26N2O3. The van der Waals surface area contributed by atoms with E-state index in [-0.39, 0.29) is 25.0 Å². The van der Waals surface area contributed by atoms with Crippen molar-refractivity contribution in [3.63, 3.8) is 0 Å². The van der Waals surface area contributed by atoms with E-state index in [0.717, 1.165) is 25.4 Å². The van der Waals surface area contributed by atoms with Crippen LogP contribution >= 0.6 is 0 Å². The fourth-order valence-electron chi connectivity index (χ4n) is 3.83. The number of fused-ring (bicyclic) bond motifs is 1. The Morgan fingerprint density at radius 1 is 1.08 bits per heavy atom. The van der Waals surface area contributed by atoms with Crippen molar-refractivity contribution in [2.24, 2.45) is 11.8 Å². The van der Waals surface area contributed by atoms with Crippen molar-refractivity contribution in [3.05, 3.63) is 30.3 Å². The van der Waals surface area contributed by atoms with Gasteiger partial charge in [0.15, 0.2) is 6.61 Å². The highest BCUT2D eigenvalue weighted by molar-refractivity contribution is 5.85. The number of carbonyl (C=O) groups is 2. The van der Waals surface area contributed by atoms with Gasteiger partial charge >= 0.3 is 0 Å². The van der Waals surface area contributed by atoms with Crippen LogP contribution in [0.1, 0.15) is 32.1 Å². The van der Waals surface area contributed by atoms with E-state index in [2.05, 4.69) is 5.32 Å². The van der Waals surface area contributed by atoms with Crippen LogP contribution in [-0.4, -0.2) is 43.0 Å². The molecule has 1 aliphatic heterocycles. The van der Waals surface area contributed by atoms with Crippen molar-refractivity contribution in [2.75, 3.05) is 26.2 Å². The average molecular weight is 330 g/mol. The predicted molar refractivity (Wildman–Crippen MR) is 91.6 cm³/mol. The molecule has 1 N–H and O–H groups in total. The minimum atomic E-state index is -0.264. The number of nitrogens with one attached hydrogen (secondary N) is 1. The molecule has 0 spiro atoms. The van der Waals surface area contributed by atoms with Gasteiger partial charge in [0.25, 0.3) is 5.91 Å². The van der Waals surface area contributed by atoms with E-state index < -0.39 is 0 Å². The van der Waals surface area contributed by atoms with E-state index in [1.54, 1.807) is 12.1 Å². The summed E-state index contributed by atoms with van der Waals surface area (Å²) in [7, 11) is 0. The molecule has 0 radical (unpaired) electrons. The number of likely N-dealkylation sites (tertiary alicyclic amines) is 1. The third-order valence-corrected chi connectivity index (χ3v) is 5.19. The van der Waals surface area contributed by atoms with E-state index >= 15 is 0 Å². The Bertz CT molecular complexity index is 561. The predicted octanol–water partition coefficient (Wildman–Crippen LogP) is 2.22. The first-order valence-corrected chi connectivity index (χ1v) is 8.94. The van der Waals surface area contributed by atoms with Crippen LogP contribution in [0.5, 0.6) is 5.75 Å². The highest BCUT2D eigenvalue weighted by Crippen LogP contribution is 2.35. The van der Waals surface area contributed by atoms with Gasteiger partial charge in [-0.25, -0.2) is 0 Å². The molecule has 3 rings (SSSR count). The number of amides is 2. The lowest BCUT2D eigenvalue weighted by Gasteiger charge is -2.41. The SMILES string of the molecule is O=C(COc1ccccc1)NCC(=O)N1CC[C@H]2CCCC[C@@H]2C1. The number of carbonyl (C=O) groups excluding carboxylic acids is 2. The summed E-state index contributed by atoms with van der Waals surface area (Å²) in [6.07, 6.45) is 6.30. The number of piperidine rings is 1. The zero-order valence-electron chi connectivity index (χ0n) is 14.1. The minimum absolute atomic E-state index is 0.0204. The maximum absolute atomic E-state index is 12.3. The van der Waals surface area contributed by atoms with Crippen LogP contribution in [0, 0.1) is 11.8 Å². The van der Waals surface area contributed by atoms with Crippen LogP contribution in [0.2, 0.25) is 0 Å². The summed E-state index contributed by atoms with van der Waals surface area (Å²) >= 11 is 0. The zero-order valence-corrected chi connectivity index (χ0v) is 14.1. The molecule has 5 heteroatoms. The van der Waals surface area contributed by atoms with Gasteiger partial charge in [0, 0.05) is 13.1 Å². The molecule has 1 aromatic carbocycles. The van der Waals surface area contributed by atoms with Gasteiger partial charge in [0.1, 0.15) is 5.75 Å². The van der Waals surface area contributed by atoms with Gasteiger partial charge in [-0.15, -0.1) is 0 Å². The summed E-state index contributed by atoms with van der Waals surface area (Å²) in [5.74, 6) is 1.87. The van der Waals surface area contributed by atoms with Gasteiger partial charge in [-0.3, -0.25) is 9.59 Å². The molecule has 2 amide bonds. The van der Waals surface area contributed by atoms with Crippen molar-refractivity contribution in [1.29, 1.82) is 0 Å². The highest BCUT2D eigenvalue weighted by Gasteiger charge is 2.32. The first-order chi connectivity index (χ1) is 11.7. The molecule has 0 unspecified atom stereocenters. The molecule has 1 saturated carbocycles. The lowest BCUT2D eigenvalue weighted by Crippen LogP contribution is -2.48. The maximum Gasteiger partial charge on any atom is 0.258 e. The van der Waals surface area contributed by atoms with E-state index in [1.807, 2.05) is 23.1 Å². The molecule has 0 aromatic heterocycles. The summed E-state index contributed by atoms with van der Waals surface area (Å²) in [4.78, 5) is 26.1. The number of nitrogens with zero attached hydrogens (tertiary/aromatic N) is 1. The van der Waals surface area contributed by atoms with Crippen molar-refractivity contribution in [1.82, 2.24) is 10.2 Å². The fourth-order valence-corrected chi connectivity index (χ4v) is 3.83. The van der Waals surface area contributed by atoms with E-state index in [1.165, 1.54) is 25.7 Å². The zero-order chi connectivity index (χ0) is 16.8. The molecule has 1 aliphatic carbocycles. The lowest BCUT2D eigenvalue weighted by molar-refractivity contribution is -0.135. The van der Waals surface area contributed by atoms with Crippen molar-refractivity contribution in [2.45, 2.75) is 32.1 Å². The van der Waals surface area contributed by atoms with E-state index in [4.69, 9.17) is 4.74 Å². The monoisotopic (exact) mass is 330 g/mol. The minimum Gasteiger partial charge on any atom is -0.484 e. The van der Waals surface area contributed by atoms with Crippen LogP contribution in [0.4, 0.5) is 0 Å². The first-order valence-electron chi connectivity index (χ1n) is 8.94. The van der Waals surface area contributed by atoms with Crippen LogP contribution in [-0.2, 0) is 9.59 Å². The van der Waals surface area contributed by atoms with Crippen LogP contribution < -0.4 is 10.1 Å². The largest absolute Gasteiger partial charge is 0.484 e. The van der Waals surface area contributed by atoms with Gasteiger partial charge in [-0.2, -0.15) is 0 Å². The van der Waals surface area contributed by atoms with Crippen molar-refractivity contribution >= 4 is 11.8 Å². The third-order valence-electron chi connectivity index (χ3n) is 5.19.